The normalized spacial score (nSPS) is 10.8. The van der Waals surface area contributed by atoms with Crippen molar-refractivity contribution in [3.8, 4) is 0 Å². The maximum atomic E-state index is 12.5. The Morgan fingerprint density at radius 1 is 1.21 bits per heavy atom. The highest BCUT2D eigenvalue weighted by Gasteiger charge is 2.21. The van der Waals surface area contributed by atoms with Crippen LogP contribution in [-0.4, -0.2) is 22.1 Å². The molecule has 1 aromatic carbocycles. The van der Waals surface area contributed by atoms with Crippen LogP contribution in [0.5, 0.6) is 0 Å². The summed E-state index contributed by atoms with van der Waals surface area (Å²) in [6.07, 6.45) is 0.574. The topological polar surface area (TPSA) is 90.3 Å². The maximum Gasteiger partial charge on any atom is 0.332 e. The van der Waals surface area contributed by atoms with Gasteiger partial charge in [0.05, 0.1) is 6.54 Å². The molecule has 0 aliphatic rings. The van der Waals surface area contributed by atoms with Gasteiger partial charge in [0.25, 0.3) is 5.56 Å². The van der Waals surface area contributed by atoms with Crippen molar-refractivity contribution in [2.45, 2.75) is 20.4 Å². The molecule has 0 aliphatic heterocycles. The minimum atomic E-state index is -0.574. The molecule has 1 aromatic heterocycles. The molecule has 2 rings (SSSR count). The number of nitrogens with zero attached hydrogens (tertiary/aromatic N) is 3. The van der Waals surface area contributed by atoms with Gasteiger partial charge in [-0.05, 0) is 11.5 Å². The smallest absolute Gasteiger partial charge is 0.332 e. The van der Waals surface area contributed by atoms with E-state index >= 15 is 0 Å². The minimum Gasteiger partial charge on any atom is -0.383 e. The molecule has 0 unspecified atom stereocenters. The van der Waals surface area contributed by atoms with E-state index in [1.54, 1.807) is 0 Å². The summed E-state index contributed by atoms with van der Waals surface area (Å²) in [4.78, 5) is 37.6. The molecule has 0 radical (unpaired) electrons. The zero-order valence-electron chi connectivity index (χ0n) is 14.1. The number of rotatable bonds is 6. The predicted octanol–water partition coefficient (Wildman–Crippen LogP) is 0.796. The number of nitrogens with two attached hydrogens (primary N) is 1. The third kappa shape index (κ3) is 3.40. The van der Waals surface area contributed by atoms with E-state index in [1.165, 1.54) is 16.5 Å². The van der Waals surface area contributed by atoms with E-state index in [0.717, 1.165) is 10.1 Å². The second-order valence-corrected chi connectivity index (χ2v) is 6.10. The Labute approximate surface area is 139 Å². The summed E-state index contributed by atoms with van der Waals surface area (Å²) in [5.74, 6) is 0.147. The number of hydrogen-bond donors (Lipinski definition) is 1. The first kappa shape index (κ1) is 17.5. The van der Waals surface area contributed by atoms with Crippen LogP contribution in [0.1, 0.15) is 19.4 Å². The second-order valence-electron chi connectivity index (χ2n) is 6.10. The second kappa shape index (κ2) is 7.16. The molecule has 0 saturated carbocycles. The van der Waals surface area contributed by atoms with Crippen LogP contribution in [0.4, 0.5) is 11.5 Å². The summed E-state index contributed by atoms with van der Waals surface area (Å²) in [5, 5.41) is 0. The largest absolute Gasteiger partial charge is 0.383 e. The van der Waals surface area contributed by atoms with Gasteiger partial charge in [-0.3, -0.25) is 18.7 Å². The molecule has 0 bridgehead atoms. The van der Waals surface area contributed by atoms with Crippen molar-refractivity contribution in [3.63, 3.8) is 0 Å². The summed E-state index contributed by atoms with van der Waals surface area (Å²) >= 11 is 0. The van der Waals surface area contributed by atoms with Crippen molar-refractivity contribution in [1.29, 1.82) is 0 Å². The van der Waals surface area contributed by atoms with Gasteiger partial charge in [0, 0.05) is 13.6 Å². The molecular weight excluding hydrogens is 308 g/mol. The fourth-order valence-corrected chi connectivity index (χ4v) is 2.54. The van der Waals surface area contributed by atoms with E-state index in [0.29, 0.717) is 13.0 Å². The van der Waals surface area contributed by atoms with Crippen molar-refractivity contribution >= 4 is 17.9 Å². The molecule has 0 aliphatic carbocycles. The van der Waals surface area contributed by atoms with Crippen LogP contribution in [-0.2, 0) is 18.4 Å². The Hall–Kier alpha value is -2.83. The van der Waals surface area contributed by atoms with Gasteiger partial charge in [-0.1, -0.05) is 44.2 Å². The Bertz CT molecular complexity index is 837. The van der Waals surface area contributed by atoms with Gasteiger partial charge < -0.3 is 10.6 Å². The zero-order chi connectivity index (χ0) is 17.9. The van der Waals surface area contributed by atoms with Gasteiger partial charge in [0.1, 0.15) is 5.82 Å². The lowest BCUT2D eigenvalue weighted by molar-refractivity contribution is -0.107. The van der Waals surface area contributed by atoms with E-state index in [9.17, 15) is 14.4 Å². The molecule has 0 spiro atoms. The molecule has 1 amide bonds. The fourth-order valence-electron chi connectivity index (χ4n) is 2.54. The lowest BCUT2D eigenvalue weighted by atomic mass is 10.2. The zero-order valence-corrected chi connectivity index (χ0v) is 14.1. The Balaban J connectivity index is 2.63. The number of anilines is 2. The standard InChI is InChI=1S/C17H22N4O3/c1-12(2)9-20(11-22)14-15(18)21(17(24)19(3)16(14)23)10-13-7-5-4-6-8-13/h4-8,11-12H,9-10,18H2,1-3H3. The molecular formula is C17H22N4O3. The van der Waals surface area contributed by atoms with Gasteiger partial charge in [0.15, 0.2) is 5.69 Å². The number of benzene rings is 1. The van der Waals surface area contributed by atoms with Gasteiger partial charge in [0.2, 0.25) is 6.41 Å². The first-order valence-corrected chi connectivity index (χ1v) is 7.72. The third-order valence-electron chi connectivity index (χ3n) is 3.72. The quantitative estimate of drug-likeness (QED) is 0.793. The monoisotopic (exact) mass is 330 g/mol. The Morgan fingerprint density at radius 3 is 2.38 bits per heavy atom. The average Bonchev–Trinajstić information content (AvgIpc) is 2.56. The molecule has 7 heteroatoms. The van der Waals surface area contributed by atoms with E-state index in [-0.39, 0.29) is 24.0 Å². The number of nitrogen functional groups attached to an aromatic ring is 1. The first-order valence-electron chi connectivity index (χ1n) is 7.72. The van der Waals surface area contributed by atoms with E-state index in [4.69, 9.17) is 5.73 Å². The molecule has 1 heterocycles. The van der Waals surface area contributed by atoms with Crippen molar-refractivity contribution in [3.05, 3.63) is 56.7 Å². The Morgan fingerprint density at radius 2 is 1.83 bits per heavy atom. The number of carbonyl (C=O) groups excluding carboxylic acids is 1. The van der Waals surface area contributed by atoms with Crippen LogP contribution in [0.15, 0.2) is 39.9 Å². The number of aromatic nitrogens is 2. The average molecular weight is 330 g/mol. The maximum absolute atomic E-state index is 12.5. The summed E-state index contributed by atoms with van der Waals surface area (Å²) in [5.41, 5.74) is 5.93. The van der Waals surface area contributed by atoms with Crippen LogP contribution < -0.4 is 21.9 Å². The van der Waals surface area contributed by atoms with Gasteiger partial charge in [-0.15, -0.1) is 0 Å². The van der Waals surface area contributed by atoms with E-state index < -0.39 is 11.2 Å². The molecule has 128 valence electrons. The van der Waals surface area contributed by atoms with Gasteiger partial charge in [-0.2, -0.15) is 0 Å². The Kier molecular flexibility index (Phi) is 5.23. The van der Waals surface area contributed by atoms with Crippen LogP contribution in [0.25, 0.3) is 0 Å². The minimum absolute atomic E-state index is 0.000275. The highest BCUT2D eigenvalue weighted by Crippen LogP contribution is 2.18. The molecule has 0 atom stereocenters. The van der Waals surface area contributed by atoms with Crippen LogP contribution in [0.2, 0.25) is 0 Å². The SMILES string of the molecule is CC(C)CN(C=O)c1c(N)n(Cc2ccccc2)c(=O)n(C)c1=O. The van der Waals surface area contributed by atoms with Gasteiger partial charge in [-0.25, -0.2) is 4.79 Å². The molecule has 2 aromatic rings. The number of hydrogen-bond acceptors (Lipinski definition) is 4. The lowest BCUT2D eigenvalue weighted by Gasteiger charge is -2.23. The lowest BCUT2D eigenvalue weighted by Crippen LogP contribution is -2.44. The van der Waals surface area contributed by atoms with Crippen LogP contribution >= 0.6 is 0 Å². The molecule has 24 heavy (non-hydrogen) atoms. The highest BCUT2D eigenvalue weighted by atomic mass is 16.2. The first-order chi connectivity index (χ1) is 11.4. The summed E-state index contributed by atoms with van der Waals surface area (Å²) in [7, 11) is 1.38. The third-order valence-corrected chi connectivity index (χ3v) is 3.72. The predicted molar refractivity (Wildman–Crippen MR) is 94.1 cm³/mol. The van der Waals surface area contributed by atoms with Gasteiger partial charge >= 0.3 is 5.69 Å². The molecule has 0 fully saturated rings. The molecule has 0 saturated heterocycles. The van der Waals surface area contributed by atoms with Crippen molar-refractivity contribution < 1.29 is 4.79 Å². The summed E-state index contributed by atoms with van der Waals surface area (Å²) in [6.45, 7) is 4.42. The summed E-state index contributed by atoms with van der Waals surface area (Å²) < 4.78 is 2.29. The summed E-state index contributed by atoms with van der Waals surface area (Å²) in [6, 6.07) is 9.31. The van der Waals surface area contributed by atoms with Crippen molar-refractivity contribution in [1.82, 2.24) is 9.13 Å². The molecule has 2 N–H and O–H groups in total. The molecule has 7 nitrogen and oxygen atoms in total. The van der Waals surface area contributed by atoms with Crippen LogP contribution in [0, 0.1) is 5.92 Å². The number of amides is 1. The van der Waals surface area contributed by atoms with E-state index in [1.807, 2.05) is 44.2 Å². The van der Waals surface area contributed by atoms with E-state index in [2.05, 4.69) is 0 Å². The fraction of sp³-hybridized carbons (Fsp3) is 0.353. The van der Waals surface area contributed by atoms with Crippen molar-refractivity contribution in [2.24, 2.45) is 13.0 Å². The van der Waals surface area contributed by atoms with Crippen LogP contribution in [0.3, 0.4) is 0 Å². The highest BCUT2D eigenvalue weighted by molar-refractivity contribution is 5.80. The number of carbonyl (C=O) groups is 1. The van der Waals surface area contributed by atoms with Crippen molar-refractivity contribution in [2.75, 3.05) is 17.2 Å².